The molecule has 0 unspecified atom stereocenters. The van der Waals surface area contributed by atoms with E-state index in [4.69, 9.17) is 9.97 Å². The van der Waals surface area contributed by atoms with Gasteiger partial charge in [-0.25, -0.2) is 4.98 Å². The molecule has 3 nitrogen and oxygen atoms in total. The lowest BCUT2D eigenvalue weighted by Crippen LogP contribution is -1.95. The van der Waals surface area contributed by atoms with Crippen LogP contribution in [0.25, 0.3) is 115 Å². The Hall–Kier alpha value is -8.06. The summed E-state index contributed by atoms with van der Waals surface area (Å²) in [6.07, 6.45) is 1.90. The molecule has 0 saturated heterocycles. The summed E-state index contributed by atoms with van der Waals surface area (Å²) >= 11 is 0. The minimum atomic E-state index is 0.868. The summed E-state index contributed by atoms with van der Waals surface area (Å²) in [7, 11) is 0. The minimum absolute atomic E-state index is 0.868. The molecule has 0 atom stereocenters. The topological polar surface area (TPSA) is 30.7 Å². The first-order valence-corrected chi connectivity index (χ1v) is 20.0. The van der Waals surface area contributed by atoms with Crippen molar-refractivity contribution in [3.05, 3.63) is 212 Å². The Morgan fingerprint density at radius 2 is 0.915 bits per heavy atom. The first-order valence-electron chi connectivity index (χ1n) is 20.0. The molecule has 12 aromatic rings. The Labute approximate surface area is 341 Å². The summed E-state index contributed by atoms with van der Waals surface area (Å²) in [6.45, 7) is 0. The van der Waals surface area contributed by atoms with Crippen LogP contribution in [0.2, 0.25) is 0 Å². The van der Waals surface area contributed by atoms with E-state index in [2.05, 4.69) is 205 Å². The molecule has 272 valence electrons. The molecule has 0 saturated carbocycles. The molecule has 2 heterocycles. The van der Waals surface area contributed by atoms with E-state index in [1.165, 1.54) is 60.4 Å². The predicted octanol–water partition coefficient (Wildman–Crippen LogP) is 14.5. The van der Waals surface area contributed by atoms with Gasteiger partial charge in [0, 0.05) is 27.1 Å². The first-order chi connectivity index (χ1) is 29.2. The molecule has 0 amide bonds. The second-order valence-electron chi connectivity index (χ2n) is 15.2. The van der Waals surface area contributed by atoms with Crippen LogP contribution in [0, 0.1) is 12.1 Å². The predicted molar refractivity (Wildman–Crippen MR) is 246 cm³/mol. The van der Waals surface area contributed by atoms with Crippen molar-refractivity contribution < 1.29 is 0 Å². The van der Waals surface area contributed by atoms with Gasteiger partial charge >= 0.3 is 0 Å². The molecular weight excluding hydrogens is 715 g/mol. The maximum Gasteiger partial charge on any atom is 0.0979 e. The summed E-state index contributed by atoms with van der Waals surface area (Å²) in [6, 6.07) is 76.0. The summed E-state index contributed by atoms with van der Waals surface area (Å²) in [4.78, 5) is 10.1. The number of rotatable bonds is 5. The van der Waals surface area contributed by atoms with Crippen molar-refractivity contribution in [3.8, 4) is 50.3 Å². The van der Waals surface area contributed by atoms with Crippen molar-refractivity contribution in [2.45, 2.75) is 0 Å². The molecular formula is C56H33N3. The van der Waals surface area contributed by atoms with Gasteiger partial charge in [-0.2, -0.15) is 0 Å². The lowest BCUT2D eigenvalue weighted by atomic mass is 9.97. The number of fused-ring (bicyclic) bond motifs is 10. The zero-order chi connectivity index (χ0) is 38.9. The summed E-state index contributed by atoms with van der Waals surface area (Å²) in [5.74, 6) is 0. The summed E-state index contributed by atoms with van der Waals surface area (Å²) < 4.78 is 2.37. The molecule has 0 fully saturated rings. The molecule has 0 aliphatic heterocycles. The van der Waals surface area contributed by atoms with Crippen molar-refractivity contribution in [3.63, 3.8) is 0 Å². The van der Waals surface area contributed by atoms with E-state index in [0.29, 0.717) is 0 Å². The maximum atomic E-state index is 5.18. The van der Waals surface area contributed by atoms with Gasteiger partial charge in [-0.05, 0) is 79.9 Å². The third-order valence-electron chi connectivity index (χ3n) is 11.9. The highest BCUT2D eigenvalue weighted by Gasteiger charge is 2.16. The molecule has 0 radical (unpaired) electrons. The van der Waals surface area contributed by atoms with E-state index in [0.717, 1.165) is 55.0 Å². The van der Waals surface area contributed by atoms with Crippen LogP contribution in [0.1, 0.15) is 0 Å². The van der Waals surface area contributed by atoms with E-state index in [1.807, 2.05) is 12.3 Å². The van der Waals surface area contributed by atoms with Gasteiger partial charge in [-0.15, -0.1) is 0 Å². The molecule has 0 bridgehead atoms. The zero-order valence-corrected chi connectivity index (χ0v) is 31.9. The molecule has 0 spiro atoms. The van der Waals surface area contributed by atoms with Crippen molar-refractivity contribution in [2.75, 3.05) is 0 Å². The lowest BCUT2D eigenvalue weighted by Gasteiger charge is -2.11. The van der Waals surface area contributed by atoms with Gasteiger partial charge in [-0.1, -0.05) is 176 Å². The Kier molecular flexibility index (Phi) is 7.45. The van der Waals surface area contributed by atoms with Crippen molar-refractivity contribution in [2.24, 2.45) is 0 Å². The molecule has 3 heteroatoms. The van der Waals surface area contributed by atoms with E-state index in [1.54, 1.807) is 0 Å². The smallest absolute Gasteiger partial charge is 0.0979 e. The van der Waals surface area contributed by atoms with Crippen LogP contribution >= 0.6 is 0 Å². The van der Waals surface area contributed by atoms with Crippen molar-refractivity contribution in [1.29, 1.82) is 0 Å². The molecule has 2 aromatic heterocycles. The number of aromatic nitrogens is 3. The van der Waals surface area contributed by atoms with Crippen LogP contribution < -0.4 is 0 Å². The van der Waals surface area contributed by atoms with E-state index < -0.39 is 0 Å². The SMILES string of the molecule is c1ccc2c(c#1)c1cc(-c3ccc(-c4ccc(-c5ccc(-c6cnc7c8ccccc8c8ccccc8c7n6)cc5)cc4)cc3)ccc1n2-c1cccc2ccccc12. The Morgan fingerprint density at radius 3 is 1.58 bits per heavy atom. The fourth-order valence-electron chi connectivity index (χ4n) is 8.98. The quantitative estimate of drug-likeness (QED) is 0.164. The minimum Gasteiger partial charge on any atom is -0.308 e. The monoisotopic (exact) mass is 747 g/mol. The summed E-state index contributed by atoms with van der Waals surface area (Å²) in [5.41, 5.74) is 14.3. The van der Waals surface area contributed by atoms with Crippen LogP contribution in [0.4, 0.5) is 0 Å². The van der Waals surface area contributed by atoms with Gasteiger partial charge in [0.25, 0.3) is 0 Å². The Balaban J connectivity index is 0.819. The third kappa shape index (κ3) is 5.39. The maximum absolute atomic E-state index is 5.18. The van der Waals surface area contributed by atoms with Crippen LogP contribution in [-0.4, -0.2) is 14.5 Å². The largest absolute Gasteiger partial charge is 0.308 e. The third-order valence-corrected chi connectivity index (χ3v) is 11.9. The molecule has 10 aromatic carbocycles. The first kappa shape index (κ1) is 33.1. The second-order valence-corrected chi connectivity index (χ2v) is 15.2. The average Bonchev–Trinajstić information content (AvgIpc) is 3.65. The lowest BCUT2D eigenvalue weighted by molar-refractivity contribution is 1.20. The number of hydrogen-bond donors (Lipinski definition) is 0. The summed E-state index contributed by atoms with van der Waals surface area (Å²) in [5, 5.41) is 9.35. The Morgan fingerprint density at radius 1 is 0.390 bits per heavy atom. The number of hydrogen-bond acceptors (Lipinski definition) is 2. The van der Waals surface area contributed by atoms with E-state index in [-0.39, 0.29) is 0 Å². The number of nitrogens with zero attached hydrogens (tertiary/aromatic N) is 3. The fraction of sp³-hybridized carbons (Fsp3) is 0. The van der Waals surface area contributed by atoms with E-state index in [9.17, 15) is 0 Å². The molecule has 0 N–H and O–H groups in total. The molecule has 0 aliphatic rings. The van der Waals surface area contributed by atoms with Gasteiger partial charge in [0.15, 0.2) is 0 Å². The van der Waals surface area contributed by atoms with Gasteiger partial charge in [0.05, 0.1) is 45.0 Å². The van der Waals surface area contributed by atoms with Crippen LogP contribution in [0.3, 0.4) is 0 Å². The number of benzene rings is 9. The van der Waals surface area contributed by atoms with Crippen molar-refractivity contribution >= 4 is 65.2 Å². The average molecular weight is 748 g/mol. The van der Waals surface area contributed by atoms with Gasteiger partial charge < -0.3 is 4.57 Å². The van der Waals surface area contributed by atoms with Gasteiger partial charge in [0.1, 0.15) is 0 Å². The highest BCUT2D eigenvalue weighted by Crippen LogP contribution is 2.38. The van der Waals surface area contributed by atoms with Crippen LogP contribution in [-0.2, 0) is 0 Å². The molecule has 12 rings (SSSR count). The zero-order valence-electron chi connectivity index (χ0n) is 31.9. The van der Waals surface area contributed by atoms with Crippen molar-refractivity contribution in [1.82, 2.24) is 14.5 Å². The van der Waals surface area contributed by atoms with E-state index >= 15 is 0 Å². The standard InChI is InChI=1S/C56H33N3/c1-2-12-44-41(10-1)11-9-19-52(44)59-53-18-8-7-15-47(53)50-34-43(32-33-54(50)59)40-26-24-38(25-27-40)36-20-22-37(23-21-36)39-28-30-42(31-29-39)51-35-57-55-48-16-5-3-13-45(48)46-14-4-6-17-49(46)56(55)58-51/h1-6,8-14,16-35H. The normalized spacial score (nSPS) is 11.6. The van der Waals surface area contributed by atoms with Gasteiger partial charge in [0.2, 0.25) is 0 Å². The van der Waals surface area contributed by atoms with Crippen LogP contribution in [0.15, 0.2) is 200 Å². The van der Waals surface area contributed by atoms with Crippen LogP contribution in [0.5, 0.6) is 0 Å². The highest BCUT2D eigenvalue weighted by molar-refractivity contribution is 6.23. The Bertz CT molecular complexity index is 3540. The fourth-order valence-corrected chi connectivity index (χ4v) is 8.98. The highest BCUT2D eigenvalue weighted by atomic mass is 15.0. The molecule has 59 heavy (non-hydrogen) atoms. The second kappa shape index (κ2) is 13.3. The van der Waals surface area contributed by atoms with Gasteiger partial charge in [-0.3, -0.25) is 4.98 Å². The molecule has 0 aliphatic carbocycles.